The highest BCUT2D eigenvalue weighted by Crippen LogP contribution is 2.28. The summed E-state index contributed by atoms with van der Waals surface area (Å²) in [6, 6.07) is 17.4. The number of piperazine rings is 1. The molecule has 5 rings (SSSR count). The lowest BCUT2D eigenvalue weighted by Gasteiger charge is -2.40. The molecular formula is C27H26FN3O3S. The first kappa shape index (κ1) is 23.1. The lowest BCUT2D eigenvalue weighted by Crippen LogP contribution is -2.55. The summed E-state index contributed by atoms with van der Waals surface area (Å²) >= 11 is 1.61. The van der Waals surface area contributed by atoms with Crippen LogP contribution < -0.4 is 4.74 Å². The highest BCUT2D eigenvalue weighted by atomic mass is 32.1. The average Bonchev–Trinajstić information content (AvgIpc) is 3.46. The molecule has 1 aliphatic heterocycles. The van der Waals surface area contributed by atoms with Gasteiger partial charge in [-0.05, 0) is 60.3 Å². The summed E-state index contributed by atoms with van der Waals surface area (Å²) < 4.78 is 21.0. The number of benzene rings is 2. The number of rotatable bonds is 5. The van der Waals surface area contributed by atoms with Gasteiger partial charge in [-0.25, -0.2) is 4.39 Å². The van der Waals surface area contributed by atoms with Gasteiger partial charge in [-0.2, -0.15) is 0 Å². The van der Waals surface area contributed by atoms with E-state index in [0.717, 1.165) is 21.5 Å². The minimum atomic E-state index is -0.436. The van der Waals surface area contributed by atoms with Crippen molar-refractivity contribution in [1.82, 2.24) is 14.4 Å². The van der Waals surface area contributed by atoms with Gasteiger partial charge in [0.1, 0.15) is 22.1 Å². The van der Waals surface area contributed by atoms with E-state index in [0.29, 0.717) is 37.4 Å². The van der Waals surface area contributed by atoms with E-state index in [1.54, 1.807) is 34.3 Å². The fourth-order valence-corrected chi connectivity index (χ4v) is 5.55. The van der Waals surface area contributed by atoms with Crippen LogP contribution in [0.25, 0.3) is 10.2 Å². The van der Waals surface area contributed by atoms with Crippen LogP contribution in [0.3, 0.4) is 0 Å². The van der Waals surface area contributed by atoms with Crippen molar-refractivity contribution in [3.63, 3.8) is 0 Å². The third-order valence-corrected chi connectivity index (χ3v) is 7.39. The van der Waals surface area contributed by atoms with E-state index in [1.807, 2.05) is 48.7 Å². The minimum Gasteiger partial charge on any atom is -0.497 e. The Hall–Kier alpha value is -3.65. The van der Waals surface area contributed by atoms with E-state index in [2.05, 4.69) is 4.57 Å². The molecule has 35 heavy (non-hydrogen) atoms. The molecule has 3 heterocycles. The van der Waals surface area contributed by atoms with Gasteiger partial charge in [0.05, 0.1) is 7.11 Å². The van der Waals surface area contributed by atoms with Gasteiger partial charge in [0.25, 0.3) is 11.8 Å². The summed E-state index contributed by atoms with van der Waals surface area (Å²) in [6.07, 6.45) is 0. The molecule has 2 amide bonds. The second-order valence-electron chi connectivity index (χ2n) is 8.76. The molecule has 1 atom stereocenters. The molecule has 6 nitrogen and oxygen atoms in total. The van der Waals surface area contributed by atoms with Gasteiger partial charge >= 0.3 is 0 Å². The highest BCUT2D eigenvalue weighted by Gasteiger charge is 2.32. The summed E-state index contributed by atoms with van der Waals surface area (Å²) in [6.45, 7) is 3.70. The van der Waals surface area contributed by atoms with E-state index in [4.69, 9.17) is 4.74 Å². The molecule has 1 saturated heterocycles. The maximum Gasteiger partial charge on any atom is 0.270 e. The molecule has 1 aliphatic rings. The molecule has 0 bridgehead atoms. The maximum atomic E-state index is 13.7. The number of nitrogens with zero attached hydrogens (tertiary/aromatic N) is 3. The number of amides is 2. The first-order chi connectivity index (χ1) is 16.9. The van der Waals surface area contributed by atoms with E-state index in [-0.39, 0.29) is 17.9 Å². The number of fused-ring (bicyclic) bond motifs is 1. The zero-order valence-corrected chi connectivity index (χ0v) is 20.4. The third kappa shape index (κ3) is 4.53. The largest absolute Gasteiger partial charge is 0.497 e. The Kier molecular flexibility index (Phi) is 6.30. The zero-order valence-electron chi connectivity index (χ0n) is 19.6. The lowest BCUT2D eigenvalue weighted by atomic mass is 10.1. The predicted octanol–water partition coefficient (Wildman–Crippen LogP) is 4.89. The van der Waals surface area contributed by atoms with Crippen LogP contribution in [0, 0.1) is 5.82 Å². The fraction of sp³-hybridized carbons (Fsp3) is 0.259. The molecule has 4 aromatic rings. The Morgan fingerprint density at radius 3 is 2.66 bits per heavy atom. The summed E-state index contributed by atoms with van der Waals surface area (Å²) in [4.78, 5) is 31.2. The molecule has 0 radical (unpaired) electrons. The molecule has 8 heteroatoms. The van der Waals surface area contributed by atoms with Crippen molar-refractivity contribution in [3.05, 3.63) is 88.7 Å². The van der Waals surface area contributed by atoms with Crippen molar-refractivity contribution in [3.8, 4) is 5.75 Å². The van der Waals surface area contributed by atoms with Gasteiger partial charge in [0.2, 0.25) is 0 Å². The molecule has 1 unspecified atom stereocenters. The van der Waals surface area contributed by atoms with Crippen LogP contribution in [0.2, 0.25) is 0 Å². The zero-order chi connectivity index (χ0) is 24.5. The normalized spacial score (nSPS) is 16.0. The Labute approximate surface area is 207 Å². The van der Waals surface area contributed by atoms with E-state index in [1.165, 1.54) is 18.2 Å². The molecule has 0 saturated carbocycles. The van der Waals surface area contributed by atoms with E-state index < -0.39 is 5.82 Å². The number of halogens is 1. The predicted molar refractivity (Wildman–Crippen MR) is 135 cm³/mol. The second kappa shape index (κ2) is 9.54. The van der Waals surface area contributed by atoms with Crippen molar-refractivity contribution in [2.75, 3.05) is 26.7 Å². The number of hydrogen-bond acceptors (Lipinski definition) is 4. The maximum absolute atomic E-state index is 13.7. The average molecular weight is 492 g/mol. The van der Waals surface area contributed by atoms with Crippen molar-refractivity contribution in [2.24, 2.45) is 0 Å². The number of carbonyl (C=O) groups excluding carboxylic acids is 2. The van der Waals surface area contributed by atoms with Gasteiger partial charge in [0, 0.05) is 43.2 Å². The number of thiophene rings is 1. The molecule has 0 aliphatic carbocycles. The van der Waals surface area contributed by atoms with Crippen LogP contribution >= 0.6 is 11.3 Å². The number of methoxy groups -OCH3 is 1. The number of carbonyl (C=O) groups is 2. The summed E-state index contributed by atoms with van der Waals surface area (Å²) in [5.41, 5.74) is 2.00. The summed E-state index contributed by atoms with van der Waals surface area (Å²) in [5, 5.41) is 3.06. The minimum absolute atomic E-state index is 0.0546. The number of ether oxygens (including phenoxy) is 1. The topological polar surface area (TPSA) is 54.8 Å². The van der Waals surface area contributed by atoms with Crippen LogP contribution in [0.5, 0.6) is 5.75 Å². The van der Waals surface area contributed by atoms with Gasteiger partial charge in [0.15, 0.2) is 0 Å². The van der Waals surface area contributed by atoms with Crippen molar-refractivity contribution in [2.45, 2.75) is 19.5 Å². The monoisotopic (exact) mass is 491 g/mol. The summed E-state index contributed by atoms with van der Waals surface area (Å²) in [5.74, 6) is 0.0685. The summed E-state index contributed by atoms with van der Waals surface area (Å²) in [7, 11) is 1.64. The Balaban J connectivity index is 1.37. The highest BCUT2D eigenvalue weighted by molar-refractivity contribution is 7.16. The molecule has 2 aromatic heterocycles. The van der Waals surface area contributed by atoms with Crippen molar-refractivity contribution >= 4 is 33.4 Å². The van der Waals surface area contributed by atoms with Crippen molar-refractivity contribution < 1.29 is 18.7 Å². The lowest BCUT2D eigenvalue weighted by molar-refractivity contribution is 0.0409. The number of hydrogen-bond donors (Lipinski definition) is 0. The van der Waals surface area contributed by atoms with E-state index >= 15 is 0 Å². The number of aromatic nitrogens is 1. The molecule has 2 aromatic carbocycles. The second-order valence-corrected chi connectivity index (χ2v) is 9.65. The standard InChI is InChI=1S/C27H26FN3O3S/c1-18-16-29(10-11-30(18)25(32)20-6-4-7-22(28)14-20)26(33)24-15-21-9-12-35-27(21)31(24)17-19-5-3-8-23(13-19)34-2/h3-9,12-15,18H,10-11,16-17H2,1-2H3. The first-order valence-corrected chi connectivity index (χ1v) is 12.4. The Morgan fingerprint density at radius 2 is 1.89 bits per heavy atom. The van der Waals surface area contributed by atoms with Crippen LogP contribution in [0.4, 0.5) is 4.39 Å². The molecular weight excluding hydrogens is 465 g/mol. The van der Waals surface area contributed by atoms with Gasteiger partial charge in [-0.15, -0.1) is 11.3 Å². The molecule has 1 fully saturated rings. The van der Waals surface area contributed by atoms with Gasteiger partial charge < -0.3 is 19.1 Å². The van der Waals surface area contributed by atoms with E-state index in [9.17, 15) is 14.0 Å². The van der Waals surface area contributed by atoms with Crippen molar-refractivity contribution in [1.29, 1.82) is 0 Å². The molecule has 0 N–H and O–H groups in total. The van der Waals surface area contributed by atoms with Gasteiger partial charge in [-0.3, -0.25) is 9.59 Å². The van der Waals surface area contributed by atoms with Crippen LogP contribution in [-0.2, 0) is 6.54 Å². The molecule has 180 valence electrons. The van der Waals surface area contributed by atoms with Gasteiger partial charge in [-0.1, -0.05) is 18.2 Å². The molecule has 0 spiro atoms. The quantitative estimate of drug-likeness (QED) is 0.400. The smallest absolute Gasteiger partial charge is 0.270 e. The Bertz CT molecular complexity index is 1400. The first-order valence-electron chi connectivity index (χ1n) is 11.5. The van der Waals surface area contributed by atoms with Crippen LogP contribution in [0.1, 0.15) is 33.3 Å². The van der Waals surface area contributed by atoms with Crippen LogP contribution in [-0.4, -0.2) is 59.0 Å². The SMILES string of the molecule is COc1cccc(Cn2c(C(=O)N3CCN(C(=O)c4cccc(F)c4)C(C)C3)cc3ccsc32)c1. The van der Waals surface area contributed by atoms with Crippen LogP contribution in [0.15, 0.2) is 66.0 Å². The fourth-order valence-electron chi connectivity index (χ4n) is 4.66. The Morgan fingerprint density at radius 1 is 1.06 bits per heavy atom. The third-order valence-electron chi connectivity index (χ3n) is 6.44.